The number of aryl methyl sites for hydroxylation is 2. The number of amides is 1. The smallest absolute Gasteiger partial charge is 0.264 e. The van der Waals surface area contributed by atoms with Crippen LogP contribution in [0.5, 0.6) is 0 Å². The average molecular weight is 303 g/mol. The first-order valence-electron chi connectivity index (χ1n) is 7.27. The quantitative estimate of drug-likeness (QED) is 0.783. The van der Waals surface area contributed by atoms with E-state index in [9.17, 15) is 4.79 Å². The van der Waals surface area contributed by atoms with Crippen LogP contribution in [0.3, 0.4) is 0 Å². The van der Waals surface area contributed by atoms with Gasteiger partial charge in [-0.25, -0.2) is 0 Å². The van der Waals surface area contributed by atoms with Crippen LogP contribution in [0.4, 0.5) is 0 Å². The molecule has 1 aliphatic heterocycles. The van der Waals surface area contributed by atoms with Crippen molar-refractivity contribution in [3.63, 3.8) is 0 Å². The molecule has 3 heterocycles. The average Bonchev–Trinajstić information content (AvgIpc) is 3.11. The molecule has 2 aromatic rings. The minimum atomic E-state index is 0.237. The highest BCUT2D eigenvalue weighted by atomic mass is 32.1. The number of carbonyl (C=O) groups excluding carboxylic acids is 1. The van der Waals surface area contributed by atoms with Gasteiger partial charge in [-0.05, 0) is 60.7 Å². The lowest BCUT2D eigenvalue weighted by molar-refractivity contribution is 0.0740. The summed E-state index contributed by atoms with van der Waals surface area (Å²) in [5, 5.41) is 2.14. The molecule has 0 atom stereocenters. The standard InChI is InChI=1S/C16H17NOS2/c18-16(15-9-11-3-1-2-4-14(11)20-15)17-7-5-13-12(10-17)6-8-19-13/h6,8-9H,1-5,7,10H2. The molecule has 0 unspecified atom stereocenters. The topological polar surface area (TPSA) is 20.3 Å². The van der Waals surface area contributed by atoms with E-state index < -0.39 is 0 Å². The highest BCUT2D eigenvalue weighted by Crippen LogP contribution is 2.32. The highest BCUT2D eigenvalue weighted by Gasteiger charge is 2.25. The number of nitrogens with zero attached hydrogens (tertiary/aromatic N) is 1. The summed E-state index contributed by atoms with van der Waals surface area (Å²) >= 11 is 3.55. The third-order valence-electron chi connectivity index (χ3n) is 4.30. The summed E-state index contributed by atoms with van der Waals surface area (Å²) in [6.45, 7) is 1.66. The van der Waals surface area contributed by atoms with Crippen molar-refractivity contribution in [3.05, 3.63) is 43.3 Å². The van der Waals surface area contributed by atoms with Crippen molar-refractivity contribution in [1.29, 1.82) is 0 Å². The number of fused-ring (bicyclic) bond motifs is 2. The molecule has 0 saturated carbocycles. The largest absolute Gasteiger partial charge is 0.333 e. The van der Waals surface area contributed by atoms with Crippen LogP contribution in [0.25, 0.3) is 0 Å². The molecule has 104 valence electrons. The molecule has 20 heavy (non-hydrogen) atoms. The molecule has 1 aliphatic carbocycles. The van der Waals surface area contributed by atoms with Gasteiger partial charge in [0, 0.05) is 22.8 Å². The third kappa shape index (κ3) is 2.11. The zero-order valence-corrected chi connectivity index (χ0v) is 13.0. The van der Waals surface area contributed by atoms with Crippen LogP contribution in [0, 0.1) is 0 Å². The molecule has 2 aromatic heterocycles. The van der Waals surface area contributed by atoms with Gasteiger partial charge in [0.25, 0.3) is 5.91 Å². The summed E-state index contributed by atoms with van der Waals surface area (Å²) in [7, 11) is 0. The van der Waals surface area contributed by atoms with E-state index >= 15 is 0 Å². The van der Waals surface area contributed by atoms with E-state index in [-0.39, 0.29) is 5.91 Å². The molecule has 4 rings (SSSR count). The van der Waals surface area contributed by atoms with E-state index in [0.717, 1.165) is 30.8 Å². The number of hydrogen-bond acceptors (Lipinski definition) is 3. The Balaban J connectivity index is 1.57. The van der Waals surface area contributed by atoms with Crippen LogP contribution in [0.1, 0.15) is 43.4 Å². The Morgan fingerprint density at radius 3 is 2.90 bits per heavy atom. The molecule has 0 N–H and O–H groups in total. The molecule has 4 heteroatoms. The van der Waals surface area contributed by atoms with Crippen molar-refractivity contribution in [3.8, 4) is 0 Å². The molecule has 0 fully saturated rings. The molecule has 0 saturated heterocycles. The van der Waals surface area contributed by atoms with Gasteiger partial charge in [0.05, 0.1) is 4.88 Å². The zero-order chi connectivity index (χ0) is 13.5. The summed E-state index contributed by atoms with van der Waals surface area (Å²) in [6.07, 6.45) is 5.90. The minimum Gasteiger partial charge on any atom is -0.333 e. The molecule has 1 amide bonds. The predicted octanol–water partition coefficient (Wildman–Crippen LogP) is 3.89. The van der Waals surface area contributed by atoms with E-state index in [1.807, 2.05) is 16.2 Å². The minimum absolute atomic E-state index is 0.237. The monoisotopic (exact) mass is 303 g/mol. The predicted molar refractivity (Wildman–Crippen MR) is 83.7 cm³/mol. The first kappa shape index (κ1) is 12.6. The number of rotatable bonds is 1. The van der Waals surface area contributed by atoms with Crippen LogP contribution in [0.15, 0.2) is 17.5 Å². The summed E-state index contributed by atoms with van der Waals surface area (Å²) in [5.74, 6) is 0.237. The molecule has 2 nitrogen and oxygen atoms in total. The van der Waals surface area contributed by atoms with Gasteiger partial charge in [0.2, 0.25) is 0 Å². The van der Waals surface area contributed by atoms with Crippen LogP contribution in [0.2, 0.25) is 0 Å². The lowest BCUT2D eigenvalue weighted by atomic mass is 9.99. The van der Waals surface area contributed by atoms with Gasteiger partial charge in [0.15, 0.2) is 0 Å². The number of thiophene rings is 2. The Morgan fingerprint density at radius 2 is 2.00 bits per heavy atom. The molecular weight excluding hydrogens is 286 g/mol. The van der Waals surface area contributed by atoms with Gasteiger partial charge in [-0.15, -0.1) is 22.7 Å². The van der Waals surface area contributed by atoms with Crippen LogP contribution < -0.4 is 0 Å². The number of hydrogen-bond donors (Lipinski definition) is 0. The van der Waals surface area contributed by atoms with Gasteiger partial charge in [-0.3, -0.25) is 4.79 Å². The summed E-state index contributed by atoms with van der Waals surface area (Å²) in [6, 6.07) is 4.32. The number of carbonyl (C=O) groups is 1. The van der Waals surface area contributed by atoms with E-state index in [1.165, 1.54) is 40.1 Å². The second-order valence-electron chi connectivity index (χ2n) is 5.61. The molecule has 0 spiro atoms. The fourth-order valence-corrected chi connectivity index (χ4v) is 5.28. The van der Waals surface area contributed by atoms with Crippen LogP contribution in [-0.2, 0) is 25.8 Å². The van der Waals surface area contributed by atoms with Crippen molar-refractivity contribution in [2.45, 2.75) is 38.6 Å². The van der Waals surface area contributed by atoms with Crippen LogP contribution in [-0.4, -0.2) is 17.4 Å². The second-order valence-corrected chi connectivity index (χ2v) is 7.75. The normalized spacial score (nSPS) is 17.7. The van der Waals surface area contributed by atoms with Crippen molar-refractivity contribution in [2.24, 2.45) is 0 Å². The zero-order valence-electron chi connectivity index (χ0n) is 11.4. The summed E-state index contributed by atoms with van der Waals surface area (Å²) in [4.78, 5) is 18.6. The Labute approximate surface area is 127 Å². The fourth-order valence-electron chi connectivity index (χ4n) is 3.17. The van der Waals surface area contributed by atoms with E-state index in [2.05, 4.69) is 17.5 Å². The molecule has 2 aliphatic rings. The molecular formula is C16H17NOS2. The van der Waals surface area contributed by atoms with Gasteiger partial charge >= 0.3 is 0 Å². The van der Waals surface area contributed by atoms with Crippen molar-refractivity contribution >= 4 is 28.6 Å². The summed E-state index contributed by atoms with van der Waals surface area (Å²) in [5.41, 5.74) is 2.77. The summed E-state index contributed by atoms with van der Waals surface area (Å²) < 4.78 is 0. The van der Waals surface area contributed by atoms with Gasteiger partial charge < -0.3 is 4.90 Å². The highest BCUT2D eigenvalue weighted by molar-refractivity contribution is 7.14. The Kier molecular flexibility index (Phi) is 3.15. The maximum Gasteiger partial charge on any atom is 0.264 e. The maximum absolute atomic E-state index is 12.7. The van der Waals surface area contributed by atoms with E-state index in [0.29, 0.717) is 0 Å². The van der Waals surface area contributed by atoms with Gasteiger partial charge in [-0.2, -0.15) is 0 Å². The van der Waals surface area contributed by atoms with E-state index in [1.54, 1.807) is 11.3 Å². The SMILES string of the molecule is O=C(c1cc2c(s1)CCCC2)N1CCc2sccc2C1. The van der Waals surface area contributed by atoms with Gasteiger partial charge in [-0.1, -0.05) is 0 Å². The molecule has 0 aromatic carbocycles. The Bertz CT molecular complexity index is 632. The first-order valence-corrected chi connectivity index (χ1v) is 8.97. The van der Waals surface area contributed by atoms with E-state index in [4.69, 9.17) is 0 Å². The lowest BCUT2D eigenvalue weighted by Crippen LogP contribution is -2.34. The van der Waals surface area contributed by atoms with Crippen LogP contribution >= 0.6 is 22.7 Å². The van der Waals surface area contributed by atoms with Crippen molar-refractivity contribution in [2.75, 3.05) is 6.54 Å². The Morgan fingerprint density at radius 1 is 1.10 bits per heavy atom. The second kappa shape index (κ2) is 5.01. The van der Waals surface area contributed by atoms with Crippen molar-refractivity contribution < 1.29 is 4.79 Å². The lowest BCUT2D eigenvalue weighted by Gasteiger charge is -2.26. The van der Waals surface area contributed by atoms with Crippen molar-refractivity contribution in [1.82, 2.24) is 4.90 Å². The Hall–Kier alpha value is -1.13. The first-order chi connectivity index (χ1) is 9.81. The van der Waals surface area contributed by atoms with Gasteiger partial charge in [0.1, 0.15) is 0 Å². The maximum atomic E-state index is 12.7. The molecule has 0 radical (unpaired) electrons. The fraction of sp³-hybridized carbons (Fsp3) is 0.438. The molecule has 0 bridgehead atoms. The third-order valence-corrected chi connectivity index (χ3v) is 6.55.